The minimum atomic E-state index is -0.721. The highest BCUT2D eigenvalue weighted by molar-refractivity contribution is 6.04. The number of amides is 1. The van der Waals surface area contributed by atoms with E-state index in [9.17, 15) is 19.5 Å². The largest absolute Gasteiger partial charge is 0.508 e. The number of carbonyl (C=O) groups is 2. The van der Waals surface area contributed by atoms with Crippen LogP contribution in [-0.2, 0) is 17.7 Å². The molecular weight excluding hydrogens is 386 g/mol. The number of aromatic nitrogens is 2. The van der Waals surface area contributed by atoms with Gasteiger partial charge in [0.05, 0.1) is 12.8 Å². The standard InChI is InChI=1S/C22H21N3O5/c1-2-30-22(29)19-23-14-18(24-20(27)16-6-4-3-5-7-16)21(28)25(19)13-12-15-8-10-17(26)11-9-15/h3-11,14,26H,2,12-13H2,1H3,(H,24,27). The van der Waals surface area contributed by atoms with Crippen molar-refractivity contribution in [1.82, 2.24) is 9.55 Å². The molecule has 3 aromatic rings. The lowest BCUT2D eigenvalue weighted by atomic mass is 10.1. The van der Waals surface area contributed by atoms with Crippen LogP contribution in [0.5, 0.6) is 5.75 Å². The summed E-state index contributed by atoms with van der Waals surface area (Å²) in [7, 11) is 0. The van der Waals surface area contributed by atoms with Gasteiger partial charge in [0.1, 0.15) is 11.4 Å². The van der Waals surface area contributed by atoms with E-state index in [4.69, 9.17) is 4.74 Å². The Balaban J connectivity index is 1.90. The van der Waals surface area contributed by atoms with Crippen LogP contribution in [0.3, 0.4) is 0 Å². The Bertz CT molecular complexity index is 1090. The van der Waals surface area contributed by atoms with Crippen LogP contribution in [0.15, 0.2) is 65.6 Å². The molecule has 0 aliphatic carbocycles. The van der Waals surface area contributed by atoms with E-state index in [1.807, 2.05) is 0 Å². The summed E-state index contributed by atoms with van der Waals surface area (Å²) < 4.78 is 6.19. The summed E-state index contributed by atoms with van der Waals surface area (Å²) >= 11 is 0. The number of nitrogens with one attached hydrogen (secondary N) is 1. The van der Waals surface area contributed by atoms with Crippen molar-refractivity contribution in [3.05, 3.63) is 88.1 Å². The van der Waals surface area contributed by atoms with E-state index in [-0.39, 0.29) is 30.4 Å². The number of hydrogen-bond acceptors (Lipinski definition) is 6. The fourth-order valence-electron chi connectivity index (χ4n) is 2.83. The summed E-state index contributed by atoms with van der Waals surface area (Å²) in [5.74, 6) is -1.18. The molecule has 0 radical (unpaired) electrons. The van der Waals surface area contributed by atoms with Gasteiger partial charge in [-0.25, -0.2) is 9.78 Å². The van der Waals surface area contributed by atoms with Gasteiger partial charge in [0, 0.05) is 12.1 Å². The zero-order chi connectivity index (χ0) is 21.5. The van der Waals surface area contributed by atoms with Crippen LogP contribution in [0.4, 0.5) is 5.69 Å². The van der Waals surface area contributed by atoms with E-state index in [1.54, 1.807) is 61.5 Å². The predicted octanol–water partition coefficient (Wildman–Crippen LogP) is 2.62. The van der Waals surface area contributed by atoms with Crippen molar-refractivity contribution >= 4 is 17.6 Å². The van der Waals surface area contributed by atoms with Crippen LogP contribution in [0.25, 0.3) is 0 Å². The molecule has 0 unspecified atom stereocenters. The monoisotopic (exact) mass is 407 g/mol. The number of hydrogen-bond donors (Lipinski definition) is 2. The Labute approximate surface area is 172 Å². The van der Waals surface area contributed by atoms with Gasteiger partial charge in [0.2, 0.25) is 5.82 Å². The first kappa shape index (κ1) is 20.8. The molecule has 0 aliphatic heterocycles. The Hall–Kier alpha value is -3.94. The molecule has 3 rings (SSSR count). The van der Waals surface area contributed by atoms with E-state index in [1.165, 1.54) is 4.57 Å². The summed E-state index contributed by atoms with van der Waals surface area (Å²) in [4.78, 5) is 41.7. The molecule has 1 aromatic heterocycles. The number of aryl methyl sites for hydroxylation is 1. The fourth-order valence-corrected chi connectivity index (χ4v) is 2.83. The second kappa shape index (κ2) is 9.51. The van der Waals surface area contributed by atoms with Crippen molar-refractivity contribution in [3.63, 3.8) is 0 Å². The first-order chi connectivity index (χ1) is 14.5. The Morgan fingerprint density at radius 1 is 1.10 bits per heavy atom. The van der Waals surface area contributed by atoms with Crippen molar-refractivity contribution < 1.29 is 19.4 Å². The average molecular weight is 407 g/mol. The number of rotatable bonds is 7. The lowest BCUT2D eigenvalue weighted by Gasteiger charge is -2.13. The zero-order valence-corrected chi connectivity index (χ0v) is 16.4. The van der Waals surface area contributed by atoms with Crippen LogP contribution in [0, 0.1) is 0 Å². The second-order valence-electron chi connectivity index (χ2n) is 6.41. The number of benzene rings is 2. The van der Waals surface area contributed by atoms with E-state index in [2.05, 4.69) is 10.3 Å². The molecule has 0 bridgehead atoms. The van der Waals surface area contributed by atoms with E-state index in [0.717, 1.165) is 11.8 Å². The highest BCUT2D eigenvalue weighted by atomic mass is 16.5. The maximum Gasteiger partial charge on any atom is 0.374 e. The summed E-state index contributed by atoms with van der Waals surface area (Å²) in [5, 5.41) is 12.0. The molecule has 1 amide bonds. The maximum absolute atomic E-state index is 13.0. The molecule has 2 N–H and O–H groups in total. The van der Waals surface area contributed by atoms with Gasteiger partial charge in [-0.15, -0.1) is 0 Å². The van der Waals surface area contributed by atoms with Gasteiger partial charge >= 0.3 is 5.97 Å². The third-order valence-electron chi connectivity index (χ3n) is 4.35. The smallest absolute Gasteiger partial charge is 0.374 e. The SMILES string of the molecule is CCOC(=O)c1ncc(NC(=O)c2ccccc2)c(=O)n1CCc1ccc(O)cc1. The molecule has 8 heteroatoms. The number of phenolic OH excluding ortho intramolecular Hbond substituents is 1. The number of nitrogens with zero attached hydrogens (tertiary/aromatic N) is 2. The lowest BCUT2D eigenvalue weighted by molar-refractivity contribution is 0.0503. The lowest BCUT2D eigenvalue weighted by Crippen LogP contribution is -2.32. The van der Waals surface area contributed by atoms with Gasteiger partial charge in [0.15, 0.2) is 0 Å². The van der Waals surface area contributed by atoms with Crippen LogP contribution in [0.2, 0.25) is 0 Å². The summed E-state index contributed by atoms with van der Waals surface area (Å²) in [6.07, 6.45) is 1.57. The predicted molar refractivity (Wildman–Crippen MR) is 111 cm³/mol. The highest BCUT2D eigenvalue weighted by Crippen LogP contribution is 2.12. The highest BCUT2D eigenvalue weighted by Gasteiger charge is 2.19. The van der Waals surface area contributed by atoms with E-state index in [0.29, 0.717) is 12.0 Å². The van der Waals surface area contributed by atoms with Crippen molar-refractivity contribution in [2.24, 2.45) is 0 Å². The third-order valence-corrected chi connectivity index (χ3v) is 4.35. The third kappa shape index (κ3) is 4.91. The normalized spacial score (nSPS) is 10.4. The first-order valence-corrected chi connectivity index (χ1v) is 9.41. The summed E-state index contributed by atoms with van der Waals surface area (Å²) in [5.41, 5.74) is 0.647. The Morgan fingerprint density at radius 2 is 1.80 bits per heavy atom. The maximum atomic E-state index is 13.0. The van der Waals surface area contributed by atoms with Crippen molar-refractivity contribution in [1.29, 1.82) is 0 Å². The fraction of sp³-hybridized carbons (Fsp3) is 0.182. The van der Waals surface area contributed by atoms with Crippen molar-refractivity contribution in [3.8, 4) is 5.75 Å². The molecule has 1 heterocycles. The number of phenols is 1. The molecule has 0 saturated heterocycles. The van der Waals surface area contributed by atoms with Crippen LogP contribution < -0.4 is 10.9 Å². The van der Waals surface area contributed by atoms with Crippen molar-refractivity contribution in [2.75, 3.05) is 11.9 Å². The Morgan fingerprint density at radius 3 is 2.47 bits per heavy atom. The number of anilines is 1. The van der Waals surface area contributed by atoms with Crippen LogP contribution in [-0.4, -0.2) is 33.1 Å². The summed E-state index contributed by atoms with van der Waals surface area (Å²) in [6, 6.07) is 15.0. The van der Waals surface area contributed by atoms with Gasteiger partial charge in [-0.2, -0.15) is 0 Å². The molecule has 154 valence electrons. The van der Waals surface area contributed by atoms with E-state index < -0.39 is 17.4 Å². The number of aromatic hydroxyl groups is 1. The van der Waals surface area contributed by atoms with Gasteiger partial charge in [0.25, 0.3) is 11.5 Å². The average Bonchev–Trinajstić information content (AvgIpc) is 2.76. The molecular formula is C22H21N3O5. The molecule has 0 saturated carbocycles. The van der Waals surface area contributed by atoms with Gasteiger partial charge < -0.3 is 15.2 Å². The number of carbonyl (C=O) groups excluding carboxylic acids is 2. The molecule has 30 heavy (non-hydrogen) atoms. The molecule has 2 aromatic carbocycles. The molecule has 0 aliphatic rings. The number of ether oxygens (including phenoxy) is 1. The van der Waals surface area contributed by atoms with Gasteiger partial charge in [-0.3, -0.25) is 14.2 Å². The van der Waals surface area contributed by atoms with Crippen LogP contribution >= 0.6 is 0 Å². The zero-order valence-electron chi connectivity index (χ0n) is 16.4. The molecule has 8 nitrogen and oxygen atoms in total. The minimum Gasteiger partial charge on any atom is -0.508 e. The molecule has 0 spiro atoms. The van der Waals surface area contributed by atoms with Crippen LogP contribution in [0.1, 0.15) is 33.5 Å². The Kier molecular flexibility index (Phi) is 6.59. The topological polar surface area (TPSA) is 111 Å². The van der Waals surface area contributed by atoms with Gasteiger partial charge in [-0.1, -0.05) is 30.3 Å². The first-order valence-electron chi connectivity index (χ1n) is 9.41. The quantitative estimate of drug-likeness (QED) is 0.583. The second-order valence-corrected chi connectivity index (χ2v) is 6.41. The number of esters is 1. The van der Waals surface area contributed by atoms with Gasteiger partial charge in [-0.05, 0) is 43.2 Å². The van der Waals surface area contributed by atoms with E-state index >= 15 is 0 Å². The molecule has 0 atom stereocenters. The van der Waals surface area contributed by atoms with Crippen molar-refractivity contribution in [2.45, 2.75) is 19.9 Å². The molecule has 0 fully saturated rings. The summed E-state index contributed by atoms with van der Waals surface area (Å²) in [6.45, 7) is 1.93. The minimum absolute atomic E-state index is 0.0393.